The third kappa shape index (κ3) is 5.37. The molecule has 2 aromatic carbocycles. The van der Waals surface area contributed by atoms with Crippen molar-refractivity contribution in [3.63, 3.8) is 0 Å². The number of nitrogens with zero attached hydrogens (tertiary/aromatic N) is 5. The summed E-state index contributed by atoms with van der Waals surface area (Å²) in [6.07, 6.45) is -3.11. The van der Waals surface area contributed by atoms with Gasteiger partial charge < -0.3 is 16.0 Å². The van der Waals surface area contributed by atoms with Crippen LogP contribution in [-0.2, 0) is 6.18 Å². The summed E-state index contributed by atoms with van der Waals surface area (Å²) in [5, 5.41) is 13.0. The van der Waals surface area contributed by atoms with E-state index in [0.717, 1.165) is 17.7 Å². The zero-order valence-corrected chi connectivity index (χ0v) is 19.0. The van der Waals surface area contributed by atoms with Crippen molar-refractivity contribution in [2.45, 2.75) is 20.0 Å². The van der Waals surface area contributed by atoms with Gasteiger partial charge in [0, 0.05) is 30.1 Å². The van der Waals surface area contributed by atoms with Crippen molar-refractivity contribution in [3.8, 4) is 5.82 Å². The second-order valence-electron chi connectivity index (χ2n) is 7.59. The molecule has 0 fully saturated rings. The molecule has 0 saturated carbocycles. The first kappa shape index (κ1) is 23.7. The summed E-state index contributed by atoms with van der Waals surface area (Å²) in [5.74, 6) is 1.37. The molecular formula is C23H21F3N8O. The van der Waals surface area contributed by atoms with Gasteiger partial charge in [0.15, 0.2) is 5.82 Å². The number of nitrogens with one attached hydrogen (secondary N) is 3. The molecule has 2 heterocycles. The van der Waals surface area contributed by atoms with Gasteiger partial charge in [-0.2, -0.15) is 22.8 Å². The molecule has 4 rings (SSSR count). The standard InChI is InChI=1S/C23H21F3N8O/c1-13-7-8-15(21(35)31-17-6-4-5-16(10-17)23(24,25)26)9-18(13)32-22-30-14(2)33-34(22)20-11-19(27-3)28-12-29-20/h4-12H,1-3H3,(H,31,35)(H,27,28,29)(H,30,32,33). The molecule has 0 aliphatic carbocycles. The van der Waals surface area contributed by atoms with Crippen LogP contribution in [0.1, 0.15) is 27.3 Å². The molecule has 0 spiro atoms. The number of rotatable bonds is 6. The monoisotopic (exact) mass is 482 g/mol. The van der Waals surface area contributed by atoms with Gasteiger partial charge >= 0.3 is 6.18 Å². The van der Waals surface area contributed by atoms with Crippen molar-refractivity contribution in [3.05, 3.63) is 77.4 Å². The third-order valence-corrected chi connectivity index (χ3v) is 5.03. The Hall–Kier alpha value is -4.48. The van der Waals surface area contributed by atoms with Gasteiger partial charge in [0.25, 0.3) is 5.91 Å². The Kier molecular flexibility index (Phi) is 6.36. The van der Waals surface area contributed by atoms with Gasteiger partial charge in [-0.25, -0.2) is 9.97 Å². The molecule has 0 bridgehead atoms. The second-order valence-corrected chi connectivity index (χ2v) is 7.59. The molecule has 12 heteroatoms. The fourth-order valence-corrected chi connectivity index (χ4v) is 3.25. The van der Waals surface area contributed by atoms with E-state index in [-0.39, 0.29) is 11.3 Å². The van der Waals surface area contributed by atoms with Crippen molar-refractivity contribution in [1.29, 1.82) is 0 Å². The SMILES string of the molecule is CNc1cc(-n2nc(C)nc2Nc2cc(C(=O)Nc3cccc(C(F)(F)F)c3)ccc2C)ncn1. The molecule has 1 amide bonds. The van der Waals surface area contributed by atoms with Crippen molar-refractivity contribution in [2.24, 2.45) is 0 Å². The predicted octanol–water partition coefficient (Wildman–Crippen LogP) is 4.73. The highest BCUT2D eigenvalue weighted by Gasteiger charge is 2.30. The number of benzene rings is 2. The van der Waals surface area contributed by atoms with Crippen LogP contribution in [0.2, 0.25) is 0 Å². The Labute approximate surface area is 198 Å². The maximum absolute atomic E-state index is 13.0. The van der Waals surface area contributed by atoms with Gasteiger partial charge in [-0.05, 0) is 49.7 Å². The number of aromatic nitrogens is 5. The Bertz CT molecular complexity index is 1380. The maximum atomic E-state index is 13.0. The minimum absolute atomic E-state index is 0.0411. The van der Waals surface area contributed by atoms with Crippen molar-refractivity contribution < 1.29 is 18.0 Å². The Morgan fingerprint density at radius 1 is 1.03 bits per heavy atom. The lowest BCUT2D eigenvalue weighted by Crippen LogP contribution is -2.14. The van der Waals surface area contributed by atoms with Gasteiger partial charge in [0.2, 0.25) is 5.95 Å². The van der Waals surface area contributed by atoms with E-state index >= 15 is 0 Å². The number of carbonyl (C=O) groups excluding carboxylic acids is 1. The van der Waals surface area contributed by atoms with Gasteiger partial charge in [-0.3, -0.25) is 4.79 Å². The molecule has 0 atom stereocenters. The lowest BCUT2D eigenvalue weighted by atomic mass is 10.1. The first-order chi connectivity index (χ1) is 16.6. The van der Waals surface area contributed by atoms with Gasteiger partial charge in [-0.15, -0.1) is 5.10 Å². The number of aryl methyl sites for hydroxylation is 2. The van der Waals surface area contributed by atoms with Crippen LogP contribution in [-0.4, -0.2) is 37.7 Å². The summed E-state index contributed by atoms with van der Waals surface area (Å²) in [5.41, 5.74) is 0.823. The summed E-state index contributed by atoms with van der Waals surface area (Å²) >= 11 is 0. The average Bonchev–Trinajstić information content (AvgIpc) is 3.20. The molecule has 0 saturated heterocycles. The number of alkyl halides is 3. The molecule has 9 nitrogen and oxygen atoms in total. The molecule has 0 aliphatic rings. The quantitative estimate of drug-likeness (QED) is 0.364. The summed E-state index contributed by atoms with van der Waals surface area (Å²) in [6.45, 7) is 3.57. The largest absolute Gasteiger partial charge is 0.416 e. The van der Waals surface area contributed by atoms with Crippen LogP contribution >= 0.6 is 0 Å². The number of anilines is 4. The van der Waals surface area contributed by atoms with E-state index in [1.54, 1.807) is 38.2 Å². The maximum Gasteiger partial charge on any atom is 0.416 e. The first-order valence-electron chi connectivity index (χ1n) is 10.4. The number of hydrogen-bond acceptors (Lipinski definition) is 7. The number of carbonyl (C=O) groups is 1. The summed E-state index contributed by atoms with van der Waals surface area (Å²) in [6, 6.07) is 11.1. The highest BCUT2D eigenvalue weighted by atomic mass is 19.4. The molecule has 0 radical (unpaired) electrons. The Morgan fingerprint density at radius 3 is 2.57 bits per heavy atom. The third-order valence-electron chi connectivity index (χ3n) is 5.03. The fraction of sp³-hybridized carbons (Fsp3) is 0.174. The minimum atomic E-state index is -4.51. The second kappa shape index (κ2) is 9.41. The van der Waals surface area contributed by atoms with Crippen LogP contribution < -0.4 is 16.0 Å². The van der Waals surface area contributed by atoms with Crippen molar-refractivity contribution >= 4 is 29.0 Å². The lowest BCUT2D eigenvalue weighted by molar-refractivity contribution is -0.137. The van der Waals surface area contributed by atoms with Gasteiger partial charge in [0.05, 0.1) is 5.56 Å². The molecule has 180 valence electrons. The molecule has 4 aromatic rings. The van der Waals surface area contributed by atoms with E-state index in [0.29, 0.717) is 29.1 Å². The number of amides is 1. The highest BCUT2D eigenvalue weighted by Crippen LogP contribution is 2.31. The summed E-state index contributed by atoms with van der Waals surface area (Å²) in [7, 11) is 1.73. The topological polar surface area (TPSA) is 110 Å². The van der Waals surface area contributed by atoms with Crippen molar-refractivity contribution in [2.75, 3.05) is 23.0 Å². The Balaban J connectivity index is 1.60. The average molecular weight is 482 g/mol. The van der Waals surface area contributed by atoms with E-state index in [1.807, 2.05) is 6.92 Å². The minimum Gasteiger partial charge on any atom is -0.373 e. The molecule has 3 N–H and O–H groups in total. The van der Waals surface area contributed by atoms with Crippen LogP contribution in [0, 0.1) is 13.8 Å². The van der Waals surface area contributed by atoms with E-state index in [2.05, 4.69) is 36.0 Å². The van der Waals surface area contributed by atoms with Gasteiger partial charge in [-0.1, -0.05) is 12.1 Å². The summed E-state index contributed by atoms with van der Waals surface area (Å²) < 4.78 is 40.5. The smallest absolute Gasteiger partial charge is 0.373 e. The molecular weight excluding hydrogens is 461 g/mol. The molecule has 0 aliphatic heterocycles. The van der Waals surface area contributed by atoms with E-state index in [9.17, 15) is 18.0 Å². The zero-order valence-electron chi connectivity index (χ0n) is 19.0. The van der Waals surface area contributed by atoms with Crippen LogP contribution in [0.3, 0.4) is 0 Å². The van der Waals surface area contributed by atoms with Crippen LogP contribution in [0.4, 0.5) is 36.3 Å². The molecule has 0 unspecified atom stereocenters. The van der Waals surface area contributed by atoms with Crippen molar-refractivity contribution in [1.82, 2.24) is 24.7 Å². The van der Waals surface area contributed by atoms with Crippen LogP contribution in [0.25, 0.3) is 5.82 Å². The van der Waals surface area contributed by atoms with E-state index < -0.39 is 17.6 Å². The number of halogens is 3. The van der Waals surface area contributed by atoms with Crippen LogP contribution in [0.5, 0.6) is 0 Å². The first-order valence-corrected chi connectivity index (χ1v) is 10.4. The van der Waals surface area contributed by atoms with E-state index in [1.165, 1.54) is 23.1 Å². The normalized spacial score (nSPS) is 11.3. The molecule has 2 aromatic heterocycles. The molecule has 35 heavy (non-hydrogen) atoms. The van der Waals surface area contributed by atoms with Gasteiger partial charge in [0.1, 0.15) is 18.0 Å². The predicted molar refractivity (Wildman–Crippen MR) is 125 cm³/mol. The van der Waals surface area contributed by atoms with E-state index in [4.69, 9.17) is 0 Å². The lowest BCUT2D eigenvalue weighted by Gasteiger charge is -2.13. The van der Waals surface area contributed by atoms with Crippen LogP contribution in [0.15, 0.2) is 54.9 Å². The highest BCUT2D eigenvalue weighted by molar-refractivity contribution is 6.05. The fourth-order valence-electron chi connectivity index (χ4n) is 3.25. The zero-order chi connectivity index (χ0) is 25.2. The number of hydrogen-bond donors (Lipinski definition) is 3. The Morgan fingerprint density at radius 2 is 1.83 bits per heavy atom. The summed E-state index contributed by atoms with van der Waals surface area (Å²) in [4.78, 5) is 25.5.